The molecule has 0 radical (unpaired) electrons. The van der Waals surface area contributed by atoms with Crippen LogP contribution in [-0.2, 0) is 15.7 Å². The summed E-state index contributed by atoms with van der Waals surface area (Å²) in [5.74, 6) is 0.144. The summed E-state index contributed by atoms with van der Waals surface area (Å²) in [5, 5.41) is 0. The third-order valence-corrected chi connectivity index (χ3v) is 6.67. The zero-order valence-corrected chi connectivity index (χ0v) is 15.8. The molecule has 0 amide bonds. The number of hydrogen-bond acceptors (Lipinski definition) is 4. The number of carbonyl (C=O) groups excluding carboxylic acids is 1. The van der Waals surface area contributed by atoms with E-state index in [0.717, 1.165) is 26.4 Å². The lowest BCUT2D eigenvalue weighted by Gasteiger charge is -2.32. The van der Waals surface area contributed by atoms with Gasteiger partial charge >= 0.3 is 7.12 Å². The summed E-state index contributed by atoms with van der Waals surface area (Å²) >= 11 is 1.64. The first-order valence-electron chi connectivity index (χ1n) is 8.56. The molecule has 5 heteroatoms. The molecule has 2 aliphatic rings. The van der Waals surface area contributed by atoms with Gasteiger partial charge in [0.25, 0.3) is 0 Å². The number of ketones is 1. The van der Waals surface area contributed by atoms with Crippen LogP contribution in [0.15, 0.2) is 52.3 Å². The van der Waals surface area contributed by atoms with E-state index in [1.807, 2.05) is 64.1 Å². The van der Waals surface area contributed by atoms with Crippen molar-refractivity contribution in [2.45, 2.75) is 55.1 Å². The lowest BCUT2D eigenvalue weighted by molar-refractivity contribution is 0.00578. The van der Waals surface area contributed by atoms with Gasteiger partial charge in [0.15, 0.2) is 5.78 Å². The van der Waals surface area contributed by atoms with Gasteiger partial charge in [0.1, 0.15) is 0 Å². The van der Waals surface area contributed by atoms with Gasteiger partial charge in [0, 0.05) is 21.8 Å². The van der Waals surface area contributed by atoms with Gasteiger partial charge in [-0.3, -0.25) is 4.79 Å². The molecule has 0 N–H and O–H groups in total. The van der Waals surface area contributed by atoms with Crippen molar-refractivity contribution in [2.24, 2.45) is 0 Å². The molecule has 128 valence electrons. The SMILES string of the molecule is CC1(C)OB(c2cccc3c2Sc2ccccc2CC3=O)OC1(C)C. The molecule has 25 heavy (non-hydrogen) atoms. The summed E-state index contributed by atoms with van der Waals surface area (Å²) in [4.78, 5) is 14.9. The topological polar surface area (TPSA) is 35.5 Å². The van der Waals surface area contributed by atoms with Gasteiger partial charge in [-0.05, 0) is 44.8 Å². The fourth-order valence-corrected chi connectivity index (χ4v) is 4.38. The quantitative estimate of drug-likeness (QED) is 0.730. The molecule has 0 bridgehead atoms. The zero-order valence-electron chi connectivity index (χ0n) is 15.0. The summed E-state index contributed by atoms with van der Waals surface area (Å²) in [7, 11) is -0.467. The lowest BCUT2D eigenvalue weighted by Crippen LogP contribution is -2.41. The summed E-state index contributed by atoms with van der Waals surface area (Å²) < 4.78 is 12.5. The highest BCUT2D eigenvalue weighted by Crippen LogP contribution is 2.40. The Kier molecular flexibility index (Phi) is 3.87. The second-order valence-electron chi connectivity index (χ2n) is 7.62. The first-order valence-corrected chi connectivity index (χ1v) is 9.38. The van der Waals surface area contributed by atoms with Gasteiger partial charge in [-0.2, -0.15) is 0 Å². The summed E-state index contributed by atoms with van der Waals surface area (Å²) in [5.41, 5.74) is 1.96. The lowest BCUT2D eigenvalue weighted by atomic mass is 9.78. The van der Waals surface area contributed by atoms with E-state index in [0.29, 0.717) is 6.42 Å². The van der Waals surface area contributed by atoms with Crippen LogP contribution in [0.3, 0.4) is 0 Å². The Bertz CT molecular complexity index is 844. The number of hydrogen-bond donors (Lipinski definition) is 0. The average molecular weight is 352 g/mol. The number of fused-ring (bicyclic) bond motifs is 2. The van der Waals surface area contributed by atoms with Crippen LogP contribution in [-0.4, -0.2) is 24.1 Å². The van der Waals surface area contributed by atoms with Gasteiger partial charge in [0.05, 0.1) is 11.2 Å². The maximum Gasteiger partial charge on any atom is 0.496 e. The van der Waals surface area contributed by atoms with Gasteiger partial charge in [0.2, 0.25) is 0 Å². The van der Waals surface area contributed by atoms with Crippen molar-refractivity contribution in [3.63, 3.8) is 0 Å². The van der Waals surface area contributed by atoms with Crippen molar-refractivity contribution in [3.8, 4) is 0 Å². The van der Waals surface area contributed by atoms with Crippen molar-refractivity contribution in [3.05, 3.63) is 53.6 Å². The molecule has 0 aromatic heterocycles. The Hall–Kier alpha value is -1.56. The van der Waals surface area contributed by atoms with Gasteiger partial charge in [-0.15, -0.1) is 0 Å². The molecule has 2 aliphatic heterocycles. The minimum atomic E-state index is -0.467. The van der Waals surface area contributed by atoms with Crippen LogP contribution in [0.2, 0.25) is 0 Å². The van der Waals surface area contributed by atoms with Gasteiger partial charge in [-0.25, -0.2) is 0 Å². The Morgan fingerprint density at radius 1 is 0.960 bits per heavy atom. The van der Waals surface area contributed by atoms with E-state index in [9.17, 15) is 4.79 Å². The van der Waals surface area contributed by atoms with Crippen LogP contribution < -0.4 is 5.46 Å². The highest BCUT2D eigenvalue weighted by atomic mass is 32.2. The van der Waals surface area contributed by atoms with Crippen LogP contribution in [0.1, 0.15) is 43.6 Å². The third-order valence-electron chi connectivity index (χ3n) is 5.39. The first kappa shape index (κ1) is 16.9. The molecule has 2 aromatic rings. The Balaban J connectivity index is 1.81. The Labute approximate surface area is 153 Å². The summed E-state index contributed by atoms with van der Waals surface area (Å²) in [6.45, 7) is 8.18. The first-order chi connectivity index (χ1) is 11.8. The fourth-order valence-electron chi connectivity index (χ4n) is 3.17. The Morgan fingerprint density at radius 2 is 1.64 bits per heavy atom. The maximum atomic E-state index is 12.8. The normalized spacial score (nSPS) is 20.8. The predicted molar refractivity (Wildman–Crippen MR) is 101 cm³/mol. The smallest absolute Gasteiger partial charge is 0.399 e. The predicted octanol–water partition coefficient (Wildman–Crippen LogP) is 3.88. The molecule has 4 rings (SSSR count). The van der Waals surface area contributed by atoms with E-state index >= 15 is 0 Å². The minimum absolute atomic E-state index is 0.144. The van der Waals surface area contributed by atoms with Crippen molar-refractivity contribution in [1.29, 1.82) is 0 Å². The monoisotopic (exact) mass is 352 g/mol. The number of Topliss-reactive ketones (excluding diaryl/α,β-unsaturated/α-hetero) is 1. The average Bonchev–Trinajstić information content (AvgIpc) is 2.68. The molecule has 0 atom stereocenters. The highest BCUT2D eigenvalue weighted by molar-refractivity contribution is 7.99. The second kappa shape index (κ2) is 5.73. The minimum Gasteiger partial charge on any atom is -0.399 e. The molecule has 2 aromatic carbocycles. The van der Waals surface area contributed by atoms with Crippen molar-refractivity contribution < 1.29 is 14.1 Å². The molecule has 0 aliphatic carbocycles. The van der Waals surface area contributed by atoms with E-state index in [4.69, 9.17) is 9.31 Å². The highest BCUT2D eigenvalue weighted by Gasteiger charge is 2.52. The maximum absolute atomic E-state index is 12.8. The van der Waals surface area contributed by atoms with E-state index in [1.54, 1.807) is 11.8 Å². The van der Waals surface area contributed by atoms with E-state index in [1.165, 1.54) is 0 Å². The zero-order chi connectivity index (χ0) is 17.8. The molecular formula is C20H21BO3S. The molecule has 2 heterocycles. The summed E-state index contributed by atoms with van der Waals surface area (Å²) in [6, 6.07) is 13.9. The molecule has 1 saturated heterocycles. The van der Waals surface area contributed by atoms with Crippen LogP contribution in [0.4, 0.5) is 0 Å². The van der Waals surface area contributed by atoms with Crippen LogP contribution in [0.25, 0.3) is 0 Å². The Morgan fingerprint density at radius 3 is 2.36 bits per heavy atom. The van der Waals surface area contributed by atoms with Crippen LogP contribution in [0.5, 0.6) is 0 Å². The van der Waals surface area contributed by atoms with Crippen LogP contribution in [0, 0.1) is 0 Å². The van der Waals surface area contributed by atoms with E-state index in [2.05, 4.69) is 6.07 Å². The second-order valence-corrected chi connectivity index (χ2v) is 8.67. The molecule has 0 saturated carbocycles. The standard InChI is InChI=1S/C20H21BO3S/c1-19(2)20(3,4)24-21(23-19)15-10-7-9-14-16(22)12-13-8-5-6-11-17(13)25-18(14)15/h5-11H,12H2,1-4H3. The molecular weight excluding hydrogens is 331 g/mol. The molecule has 3 nitrogen and oxygen atoms in total. The van der Waals surface area contributed by atoms with Crippen molar-refractivity contribution in [1.82, 2.24) is 0 Å². The third kappa shape index (κ3) is 2.75. The molecule has 1 fully saturated rings. The van der Waals surface area contributed by atoms with Crippen molar-refractivity contribution >= 4 is 30.1 Å². The number of carbonyl (C=O) groups is 1. The fraction of sp³-hybridized carbons (Fsp3) is 0.350. The van der Waals surface area contributed by atoms with Gasteiger partial charge in [-0.1, -0.05) is 48.2 Å². The summed E-state index contributed by atoms with van der Waals surface area (Å²) in [6.07, 6.45) is 0.434. The van der Waals surface area contributed by atoms with Crippen LogP contribution >= 0.6 is 11.8 Å². The number of benzene rings is 2. The van der Waals surface area contributed by atoms with Crippen molar-refractivity contribution in [2.75, 3.05) is 0 Å². The largest absolute Gasteiger partial charge is 0.496 e. The van der Waals surface area contributed by atoms with Gasteiger partial charge < -0.3 is 9.31 Å². The number of rotatable bonds is 1. The van der Waals surface area contributed by atoms with E-state index < -0.39 is 18.3 Å². The molecule has 0 unspecified atom stereocenters. The molecule has 0 spiro atoms. The van der Waals surface area contributed by atoms with E-state index in [-0.39, 0.29) is 5.78 Å².